The van der Waals surface area contributed by atoms with Gasteiger partial charge in [-0.2, -0.15) is 4.39 Å². The van der Waals surface area contributed by atoms with E-state index in [0.29, 0.717) is 0 Å². The van der Waals surface area contributed by atoms with Crippen LogP contribution in [0.5, 0.6) is 0 Å². The maximum atomic E-state index is 13.1. The lowest BCUT2D eigenvalue weighted by Gasteiger charge is -2.07. The Morgan fingerprint density at radius 3 is 2.85 bits per heavy atom. The fourth-order valence-electron chi connectivity index (χ4n) is 1.67. The van der Waals surface area contributed by atoms with Crippen molar-refractivity contribution in [3.05, 3.63) is 56.7 Å². The summed E-state index contributed by atoms with van der Waals surface area (Å²) < 4.78 is 14.2. The van der Waals surface area contributed by atoms with Crippen molar-refractivity contribution in [3.63, 3.8) is 0 Å². The zero-order valence-electron chi connectivity index (χ0n) is 11.0. The van der Waals surface area contributed by atoms with Crippen LogP contribution >= 0.6 is 0 Å². The molecule has 7 heteroatoms. The fraction of sp³-hybridized carbons (Fsp3) is 0.308. The molecule has 106 valence electrons. The molecule has 6 nitrogen and oxygen atoms in total. The highest BCUT2D eigenvalue weighted by atomic mass is 19.1. The summed E-state index contributed by atoms with van der Waals surface area (Å²) in [5.74, 6) is -0.241. The Morgan fingerprint density at radius 1 is 1.40 bits per heavy atom. The van der Waals surface area contributed by atoms with E-state index in [1.165, 1.54) is 0 Å². The Bertz CT molecular complexity index is 691. The number of hydrogen-bond donors (Lipinski definition) is 2. The highest BCUT2D eigenvalue weighted by Gasteiger charge is 2.04. The monoisotopic (exact) mass is 278 g/mol. The van der Waals surface area contributed by atoms with Crippen molar-refractivity contribution in [1.29, 1.82) is 0 Å². The highest BCUT2D eigenvalue weighted by molar-refractivity contribution is 5.35. The standard InChI is InChI=1S/C13H15FN4O2/c1-2-5-15-11-4-3-9(6-16-11)7-18-8-10(14)12(19)17-13(18)20/h3-4,6,8H,2,5,7H2,1H3,(H,15,16)(H,17,19,20). The van der Waals surface area contributed by atoms with Crippen LogP contribution in [0.4, 0.5) is 10.2 Å². The number of aromatic nitrogens is 3. The van der Waals surface area contributed by atoms with E-state index < -0.39 is 17.1 Å². The predicted octanol–water partition coefficient (Wildman–Crippen LogP) is 0.941. The smallest absolute Gasteiger partial charge is 0.328 e. The van der Waals surface area contributed by atoms with Crippen LogP contribution in [0.3, 0.4) is 0 Å². The van der Waals surface area contributed by atoms with E-state index >= 15 is 0 Å². The molecule has 2 aromatic rings. The molecule has 0 amide bonds. The predicted molar refractivity (Wildman–Crippen MR) is 73.4 cm³/mol. The summed E-state index contributed by atoms with van der Waals surface area (Å²) in [6.07, 6.45) is 3.49. The minimum atomic E-state index is -1.01. The Hall–Kier alpha value is -2.44. The van der Waals surface area contributed by atoms with Gasteiger partial charge in [-0.3, -0.25) is 14.3 Å². The summed E-state index contributed by atoms with van der Waals surface area (Å²) in [5.41, 5.74) is -0.923. The lowest BCUT2D eigenvalue weighted by atomic mass is 10.3. The third-order valence-corrected chi connectivity index (χ3v) is 2.70. The summed E-state index contributed by atoms with van der Waals surface area (Å²) in [4.78, 5) is 28.5. The molecule has 20 heavy (non-hydrogen) atoms. The Labute approximate surface area is 114 Å². The first-order valence-corrected chi connectivity index (χ1v) is 6.28. The van der Waals surface area contributed by atoms with Crippen molar-refractivity contribution in [2.75, 3.05) is 11.9 Å². The van der Waals surface area contributed by atoms with E-state index in [1.54, 1.807) is 18.3 Å². The summed E-state index contributed by atoms with van der Waals surface area (Å²) in [6.45, 7) is 3.03. The van der Waals surface area contributed by atoms with Gasteiger partial charge >= 0.3 is 5.69 Å². The molecule has 0 bridgehead atoms. The molecule has 0 aromatic carbocycles. The molecule has 2 aromatic heterocycles. The van der Waals surface area contributed by atoms with E-state index in [1.807, 2.05) is 4.98 Å². The number of aromatic amines is 1. The molecule has 2 heterocycles. The van der Waals surface area contributed by atoms with Gasteiger partial charge in [0.25, 0.3) is 5.56 Å². The number of halogens is 1. The van der Waals surface area contributed by atoms with Gasteiger partial charge in [-0.25, -0.2) is 9.78 Å². The summed E-state index contributed by atoms with van der Waals surface area (Å²) in [7, 11) is 0. The van der Waals surface area contributed by atoms with Crippen LogP contribution in [0, 0.1) is 5.82 Å². The molecule has 0 fully saturated rings. The maximum absolute atomic E-state index is 13.1. The van der Waals surface area contributed by atoms with Crippen LogP contribution in [0.1, 0.15) is 18.9 Å². The SMILES string of the molecule is CCCNc1ccc(Cn2cc(F)c(=O)[nH]c2=O)cn1. The van der Waals surface area contributed by atoms with E-state index in [2.05, 4.69) is 17.2 Å². The molecular formula is C13H15FN4O2. The van der Waals surface area contributed by atoms with Crippen LogP contribution in [-0.2, 0) is 6.54 Å². The molecule has 0 unspecified atom stereocenters. The van der Waals surface area contributed by atoms with Gasteiger partial charge in [-0.15, -0.1) is 0 Å². The van der Waals surface area contributed by atoms with E-state index in [0.717, 1.165) is 35.1 Å². The van der Waals surface area contributed by atoms with E-state index in [4.69, 9.17) is 0 Å². The molecule has 0 radical (unpaired) electrons. The van der Waals surface area contributed by atoms with Gasteiger partial charge in [0.1, 0.15) is 5.82 Å². The normalized spacial score (nSPS) is 10.5. The molecule has 2 N–H and O–H groups in total. The molecule has 0 saturated carbocycles. The quantitative estimate of drug-likeness (QED) is 0.853. The van der Waals surface area contributed by atoms with Crippen molar-refractivity contribution in [3.8, 4) is 0 Å². The van der Waals surface area contributed by atoms with Crippen LogP contribution in [-0.4, -0.2) is 21.1 Å². The van der Waals surface area contributed by atoms with Gasteiger partial charge in [0.05, 0.1) is 12.7 Å². The first-order chi connectivity index (χ1) is 9.60. The zero-order valence-corrected chi connectivity index (χ0v) is 11.0. The van der Waals surface area contributed by atoms with Gasteiger partial charge in [-0.05, 0) is 18.1 Å². The number of nitrogens with one attached hydrogen (secondary N) is 2. The molecule has 0 saturated heterocycles. The second-order valence-electron chi connectivity index (χ2n) is 4.34. The number of pyridine rings is 1. The van der Waals surface area contributed by atoms with Crippen LogP contribution < -0.4 is 16.6 Å². The molecule has 0 atom stereocenters. The number of anilines is 1. The Balaban J connectivity index is 2.16. The van der Waals surface area contributed by atoms with Crippen molar-refractivity contribution in [1.82, 2.24) is 14.5 Å². The van der Waals surface area contributed by atoms with Gasteiger partial charge in [0, 0.05) is 12.7 Å². The molecular weight excluding hydrogens is 263 g/mol. The van der Waals surface area contributed by atoms with E-state index in [9.17, 15) is 14.0 Å². The van der Waals surface area contributed by atoms with Gasteiger partial charge in [0.15, 0.2) is 0 Å². The van der Waals surface area contributed by atoms with Crippen molar-refractivity contribution in [2.45, 2.75) is 19.9 Å². The largest absolute Gasteiger partial charge is 0.370 e. The average molecular weight is 278 g/mol. The lowest BCUT2D eigenvalue weighted by Crippen LogP contribution is -2.31. The minimum absolute atomic E-state index is 0.146. The molecule has 0 aliphatic rings. The summed E-state index contributed by atoms with van der Waals surface area (Å²) in [6, 6.07) is 3.58. The lowest BCUT2D eigenvalue weighted by molar-refractivity contribution is 0.566. The number of rotatable bonds is 5. The van der Waals surface area contributed by atoms with Gasteiger partial charge in [-0.1, -0.05) is 13.0 Å². The Morgan fingerprint density at radius 2 is 2.20 bits per heavy atom. The average Bonchev–Trinajstić information content (AvgIpc) is 2.44. The van der Waals surface area contributed by atoms with Crippen molar-refractivity contribution in [2.24, 2.45) is 0 Å². The first kappa shape index (κ1) is 14.0. The van der Waals surface area contributed by atoms with E-state index in [-0.39, 0.29) is 6.54 Å². The number of hydrogen-bond acceptors (Lipinski definition) is 4. The third-order valence-electron chi connectivity index (χ3n) is 2.70. The minimum Gasteiger partial charge on any atom is -0.370 e. The fourth-order valence-corrected chi connectivity index (χ4v) is 1.67. The first-order valence-electron chi connectivity index (χ1n) is 6.28. The molecule has 0 aliphatic carbocycles. The second-order valence-corrected chi connectivity index (χ2v) is 4.34. The molecule has 2 rings (SSSR count). The number of nitrogens with zero attached hydrogens (tertiary/aromatic N) is 2. The summed E-state index contributed by atoms with van der Waals surface area (Å²) >= 11 is 0. The van der Waals surface area contributed by atoms with Gasteiger partial charge in [0.2, 0.25) is 5.82 Å². The molecule has 0 aliphatic heterocycles. The topological polar surface area (TPSA) is 79.8 Å². The number of H-pyrrole nitrogens is 1. The van der Waals surface area contributed by atoms with Crippen LogP contribution in [0.15, 0.2) is 34.1 Å². The van der Waals surface area contributed by atoms with Crippen LogP contribution in [0.2, 0.25) is 0 Å². The van der Waals surface area contributed by atoms with Crippen molar-refractivity contribution < 1.29 is 4.39 Å². The van der Waals surface area contributed by atoms with Gasteiger partial charge < -0.3 is 5.32 Å². The second kappa shape index (κ2) is 6.14. The Kier molecular flexibility index (Phi) is 4.29. The maximum Gasteiger partial charge on any atom is 0.328 e. The highest BCUT2D eigenvalue weighted by Crippen LogP contribution is 2.06. The molecule has 0 spiro atoms. The zero-order chi connectivity index (χ0) is 14.5. The van der Waals surface area contributed by atoms with Crippen LogP contribution in [0.25, 0.3) is 0 Å². The summed E-state index contributed by atoms with van der Waals surface area (Å²) in [5, 5.41) is 3.13. The third kappa shape index (κ3) is 3.31. The van der Waals surface area contributed by atoms with Crippen molar-refractivity contribution >= 4 is 5.82 Å².